The van der Waals surface area contributed by atoms with Crippen molar-refractivity contribution in [3.8, 4) is 45.9 Å². The molecule has 0 spiro atoms. The first-order chi connectivity index (χ1) is 55.4. The van der Waals surface area contributed by atoms with Crippen molar-refractivity contribution < 1.29 is 89.5 Å². The number of hydrogen-bond acceptors (Lipinski definition) is 0. The van der Waals surface area contributed by atoms with Crippen LogP contribution in [0.4, 0.5) is 0 Å². The Labute approximate surface area is 753 Å². The average molecular weight is 2290 g/mol. The van der Waals surface area contributed by atoms with E-state index in [1.807, 2.05) is 48.5 Å². The average Bonchev–Trinajstić information content (AvgIpc) is 1.54. The maximum atomic E-state index is 7.69. The molecule has 0 N–H and O–H groups in total. The molecule has 0 saturated carbocycles. The Morgan fingerprint density at radius 3 is 0.457 bits per heavy atom. The van der Waals surface area contributed by atoms with Crippen molar-refractivity contribution in [2.24, 2.45) is 0 Å². The maximum absolute atomic E-state index is 7.69. The van der Waals surface area contributed by atoms with E-state index in [-0.39, 0.29) is 89.5 Å². The summed E-state index contributed by atoms with van der Waals surface area (Å²) in [5.41, 5.74) is 15.8. The van der Waals surface area contributed by atoms with Crippen LogP contribution < -0.4 is 42.4 Å². The Kier molecular flexibility index (Phi) is 32.0. The zero-order valence-corrected chi connectivity index (χ0v) is 75.9. The third-order valence-corrected chi connectivity index (χ3v) is 35.3. The number of fused-ring (bicyclic) bond motifs is 6. The van der Waals surface area contributed by atoms with E-state index in [1.54, 1.807) is 0 Å². The third kappa shape index (κ3) is 19.0. The molecule has 18 rings (SSSR count). The van der Waals surface area contributed by atoms with Crippen LogP contribution in [0.1, 0.15) is 66.8 Å². The fourth-order valence-corrected chi connectivity index (χ4v) is 31.7. The van der Waals surface area contributed by atoms with E-state index in [4.69, 9.17) is 25.7 Å². The molecule has 16 aromatic rings. The molecule has 0 aliphatic heterocycles. The van der Waals surface area contributed by atoms with Gasteiger partial charge in [0.1, 0.15) is 74.1 Å². The Morgan fingerprint density at radius 2 is 0.319 bits per heavy atom. The second-order valence-corrected chi connectivity index (χ2v) is 39.0. The quantitative estimate of drug-likeness (QED) is 0.0391. The van der Waals surface area contributed by atoms with Gasteiger partial charge in [0.05, 0.1) is 10.8 Å². The first-order valence-electron chi connectivity index (χ1n) is 37.8. The molecule has 0 fully saturated rings. The van der Waals surface area contributed by atoms with Gasteiger partial charge in [-0.25, -0.2) is 0 Å². The fraction of sp³-hybridized carbons (Fsp3) is 0.0370. The van der Waals surface area contributed by atoms with Crippen LogP contribution in [0.2, 0.25) is 0 Å². The van der Waals surface area contributed by atoms with Crippen molar-refractivity contribution >= 4 is 74.1 Å². The first kappa shape index (κ1) is 87.3. The molecule has 2 aliphatic rings. The van der Waals surface area contributed by atoms with Crippen molar-refractivity contribution in [1.82, 2.24) is 0 Å². The van der Waals surface area contributed by atoms with Crippen LogP contribution >= 0.6 is 31.7 Å². The molecular formula is C108H80Au4P4+4. The summed E-state index contributed by atoms with van der Waals surface area (Å²) in [6, 6.07) is 155. The van der Waals surface area contributed by atoms with Crippen LogP contribution in [0.25, 0.3) is 22.3 Å². The van der Waals surface area contributed by atoms with E-state index < -0.39 is 42.5 Å². The van der Waals surface area contributed by atoms with Crippen LogP contribution in [-0.2, 0) is 100 Å². The molecule has 0 atom stereocenters. The second kappa shape index (κ2) is 42.5. The summed E-state index contributed by atoms with van der Waals surface area (Å²) < 4.78 is 0. The molecule has 0 bridgehead atoms. The van der Waals surface area contributed by atoms with E-state index in [1.165, 1.54) is 54.2 Å². The van der Waals surface area contributed by atoms with Gasteiger partial charge < -0.3 is 25.7 Å². The molecule has 0 radical (unpaired) electrons. The number of benzene rings is 16. The van der Waals surface area contributed by atoms with Crippen molar-refractivity contribution in [2.45, 2.75) is 10.8 Å². The molecule has 8 heteroatoms. The summed E-state index contributed by atoms with van der Waals surface area (Å²) in [5.74, 6) is 12.7. The van der Waals surface area contributed by atoms with Gasteiger partial charge >= 0.3 is 89.5 Å². The topological polar surface area (TPSA) is 0 Å². The van der Waals surface area contributed by atoms with Crippen molar-refractivity contribution in [3.05, 3.63) is 529 Å². The van der Waals surface area contributed by atoms with Crippen LogP contribution in [-0.4, -0.2) is 11.8 Å². The van der Waals surface area contributed by atoms with Crippen molar-refractivity contribution in [2.75, 3.05) is 11.8 Å². The zero-order chi connectivity index (χ0) is 76.3. The largest absolute Gasteiger partial charge is 1.00 e. The zero-order valence-electron chi connectivity index (χ0n) is 63.2. The van der Waals surface area contributed by atoms with Gasteiger partial charge in [-0.1, -0.05) is 291 Å². The fourth-order valence-electron chi connectivity index (χ4n) is 16.2. The minimum absolute atomic E-state index is 0. The summed E-state index contributed by atoms with van der Waals surface area (Å²) in [6.45, 7) is 0. The molecular weight excluding hydrogens is 2210 g/mol. The molecule has 16 aromatic carbocycles. The predicted octanol–water partition coefficient (Wildman–Crippen LogP) is 21.2. The minimum atomic E-state index is -0.847. The third-order valence-electron chi connectivity index (χ3n) is 21.4. The Hall–Kier alpha value is -9.56. The Bertz CT molecular complexity index is 5080. The van der Waals surface area contributed by atoms with E-state index >= 15 is 0 Å². The summed E-state index contributed by atoms with van der Waals surface area (Å²) in [4.78, 5) is 0. The molecule has 0 heterocycles. The number of hydrogen-bond donors (Lipinski definition) is 0. The van der Waals surface area contributed by atoms with E-state index in [0.717, 1.165) is 89.0 Å². The van der Waals surface area contributed by atoms with Crippen molar-refractivity contribution in [1.29, 1.82) is 0 Å². The van der Waals surface area contributed by atoms with Gasteiger partial charge in [-0.3, -0.25) is 23.7 Å². The normalized spacial score (nSPS) is 11.7. The van der Waals surface area contributed by atoms with Gasteiger partial charge in [0.2, 0.25) is 0 Å². The molecule has 0 amide bonds. The molecule has 0 aromatic heterocycles. The van der Waals surface area contributed by atoms with E-state index in [9.17, 15) is 0 Å². The van der Waals surface area contributed by atoms with Crippen LogP contribution in [0.5, 0.6) is 0 Å². The van der Waals surface area contributed by atoms with Crippen LogP contribution in [0.15, 0.2) is 437 Å². The van der Waals surface area contributed by atoms with Crippen molar-refractivity contribution in [3.63, 3.8) is 0 Å². The Balaban J connectivity index is 0.000000150. The Morgan fingerprint density at radius 1 is 0.181 bits per heavy atom. The maximum Gasteiger partial charge on any atom is 1.00 e. The van der Waals surface area contributed by atoms with Gasteiger partial charge in [-0.2, -0.15) is 0 Å². The number of rotatable bonds is 16. The van der Waals surface area contributed by atoms with E-state index in [2.05, 4.69) is 412 Å². The van der Waals surface area contributed by atoms with Gasteiger partial charge in [0.15, 0.2) is 11.8 Å². The van der Waals surface area contributed by atoms with Gasteiger partial charge in [0.25, 0.3) is 0 Å². The minimum Gasteiger partial charge on any atom is -0.366 e. The van der Waals surface area contributed by atoms with E-state index in [0.29, 0.717) is 0 Å². The smallest absolute Gasteiger partial charge is 0.366 e. The molecule has 0 nitrogen and oxygen atoms in total. The summed E-state index contributed by atoms with van der Waals surface area (Å²) in [6.07, 6.45) is 30.7. The molecule has 572 valence electrons. The van der Waals surface area contributed by atoms with Crippen LogP contribution in [0.3, 0.4) is 0 Å². The summed E-state index contributed by atoms with van der Waals surface area (Å²) in [5, 5.41) is 12.0. The summed E-state index contributed by atoms with van der Waals surface area (Å²) >= 11 is 0. The second-order valence-electron chi connectivity index (χ2n) is 27.7. The standard InChI is InChI=1S/2C29H16.2C25H22P2.4Au/c2*1-3-21-15-17-25-26-18-16-22(4-2)20-28(26)29(27(25)19-21,23-11-7-5-8-12-23)24-13-9-6-10-14-24;2*1-5-13-22(14-6-1)26(23-15-7-2-8-16-23)21-27(24-17-9-3-10-18-24)25-19-11-4-12-20-25;;;;/h2*5-20H;2*1-20H,21H2;;;;/q2*-2;;;4*+1/p+4. The molecule has 2 aliphatic carbocycles. The SMILES string of the molecule is [Au+].[Au+].[Au+].[Au+].[C-]#Cc1ccc2c(c1)C(c1ccccc1)(c1ccccc1)c1cc(C#[C-])ccc1-2.[C-]#Cc1ccc2c(c1)C(c1ccccc1)(c1ccccc1)c1cc(C#[C-])ccc1-2.c1ccc([PH+](C[PH+](c2ccccc2)c2ccccc2)c2ccccc2)cc1.c1ccc([PH+](C[PH+](c2ccccc2)c2ccccc2)c2ccccc2)cc1. The van der Waals surface area contributed by atoms with Crippen LogP contribution in [0, 0.1) is 49.4 Å². The molecule has 0 unspecified atom stereocenters. The molecule has 0 saturated heterocycles. The first-order valence-corrected chi connectivity index (χ1v) is 44.6. The summed E-state index contributed by atoms with van der Waals surface area (Å²) in [7, 11) is -3.39. The van der Waals surface area contributed by atoms with Gasteiger partial charge in [-0.15, -0.1) is 70.8 Å². The predicted molar refractivity (Wildman–Crippen MR) is 484 cm³/mol. The van der Waals surface area contributed by atoms with Gasteiger partial charge in [0, 0.05) is 0 Å². The molecule has 116 heavy (non-hydrogen) atoms. The van der Waals surface area contributed by atoms with Gasteiger partial charge in [-0.05, 0) is 164 Å². The monoisotopic (exact) mass is 2290 g/mol.